The van der Waals surface area contributed by atoms with Crippen LogP contribution in [0, 0.1) is 11.6 Å². The molecule has 3 rings (SSSR count). The Hall–Kier alpha value is -3.14. The molecule has 1 aliphatic carbocycles. The third-order valence-corrected chi connectivity index (χ3v) is 6.68. The van der Waals surface area contributed by atoms with Crippen LogP contribution in [-0.4, -0.2) is 45.5 Å². The van der Waals surface area contributed by atoms with Crippen LogP contribution in [0.25, 0.3) is 0 Å². The van der Waals surface area contributed by atoms with Gasteiger partial charge in [0.15, 0.2) is 0 Å². The molecular weight excluding hydrogens is 464 g/mol. The first-order valence-electron chi connectivity index (χ1n) is 11.0. The summed E-state index contributed by atoms with van der Waals surface area (Å²) in [5.74, 6) is -3.72. The summed E-state index contributed by atoms with van der Waals surface area (Å²) < 4.78 is 39.4. The molecule has 1 aliphatic rings. The van der Waals surface area contributed by atoms with Gasteiger partial charge in [0.2, 0.25) is 17.7 Å². The van der Waals surface area contributed by atoms with E-state index in [1.165, 1.54) is 49.4 Å². The Morgan fingerprint density at radius 2 is 1.71 bits per heavy atom. The number of rotatable bonds is 9. The molecule has 2 atom stereocenters. The minimum Gasteiger partial charge on any atom is -0.352 e. The number of benzene rings is 2. The maximum Gasteiger partial charge on any atom is 0.243 e. The molecule has 7 nitrogen and oxygen atoms in total. The molecular formula is C24H27F2N3O4S. The van der Waals surface area contributed by atoms with E-state index in [1.807, 2.05) is 0 Å². The normalized spacial score (nSPS) is 15.4. The molecule has 0 heterocycles. The van der Waals surface area contributed by atoms with Crippen molar-refractivity contribution in [3.8, 4) is 0 Å². The molecule has 0 aromatic heterocycles. The highest BCUT2D eigenvalue weighted by Gasteiger charge is 2.30. The molecule has 0 radical (unpaired) electrons. The predicted octanol–water partition coefficient (Wildman–Crippen LogP) is 3.13. The highest BCUT2D eigenvalue weighted by molar-refractivity contribution is 7.86. The third-order valence-electron chi connectivity index (χ3n) is 5.53. The monoisotopic (exact) mass is 491 g/mol. The Bertz CT molecular complexity index is 1060. The lowest BCUT2D eigenvalue weighted by atomic mass is 10.1. The minimum absolute atomic E-state index is 0.0312. The van der Waals surface area contributed by atoms with E-state index in [0.29, 0.717) is 5.69 Å². The van der Waals surface area contributed by atoms with Gasteiger partial charge in [0.05, 0.1) is 0 Å². The van der Waals surface area contributed by atoms with Crippen molar-refractivity contribution in [2.75, 3.05) is 21.7 Å². The van der Waals surface area contributed by atoms with Gasteiger partial charge < -0.3 is 10.6 Å². The molecule has 0 aliphatic heterocycles. The van der Waals surface area contributed by atoms with Crippen molar-refractivity contribution in [1.82, 2.24) is 5.32 Å². The summed E-state index contributed by atoms with van der Waals surface area (Å²) >= 11 is 0. The Morgan fingerprint density at radius 3 is 2.35 bits per heavy atom. The van der Waals surface area contributed by atoms with Crippen LogP contribution in [-0.2, 0) is 25.2 Å². The number of nitrogens with zero attached hydrogens (tertiary/aromatic N) is 1. The van der Waals surface area contributed by atoms with Crippen molar-refractivity contribution in [2.45, 2.75) is 44.7 Å². The minimum atomic E-state index is -1.89. The first-order chi connectivity index (χ1) is 16.2. The Labute approximate surface area is 199 Å². The predicted molar refractivity (Wildman–Crippen MR) is 127 cm³/mol. The van der Waals surface area contributed by atoms with E-state index in [9.17, 15) is 27.4 Å². The lowest BCUT2D eigenvalue weighted by Gasteiger charge is -2.29. The maximum atomic E-state index is 13.9. The van der Waals surface area contributed by atoms with Gasteiger partial charge in [-0.1, -0.05) is 18.9 Å². The zero-order valence-electron chi connectivity index (χ0n) is 18.8. The molecule has 182 valence electrons. The largest absolute Gasteiger partial charge is 0.352 e. The van der Waals surface area contributed by atoms with E-state index >= 15 is 0 Å². The number of nitrogens with one attached hydrogen (secondary N) is 2. The van der Waals surface area contributed by atoms with Crippen LogP contribution >= 0.6 is 0 Å². The molecule has 2 unspecified atom stereocenters. The molecule has 0 saturated heterocycles. The average Bonchev–Trinajstić information content (AvgIpc) is 3.28. The summed E-state index contributed by atoms with van der Waals surface area (Å²) in [5, 5.41) is 5.41. The van der Waals surface area contributed by atoms with Crippen LogP contribution in [0.2, 0.25) is 0 Å². The number of carbonyl (C=O) groups excluding carboxylic acids is 3. The third kappa shape index (κ3) is 7.18. The molecule has 10 heteroatoms. The molecule has 0 spiro atoms. The number of hydrogen-bond donors (Lipinski definition) is 2. The van der Waals surface area contributed by atoms with Crippen molar-refractivity contribution in [3.63, 3.8) is 0 Å². The summed E-state index contributed by atoms with van der Waals surface area (Å²) in [5.41, 5.74) is 0.486. The first kappa shape index (κ1) is 25.5. The van der Waals surface area contributed by atoms with Crippen LogP contribution in [0.1, 0.15) is 32.6 Å². The van der Waals surface area contributed by atoms with Gasteiger partial charge in [0.25, 0.3) is 0 Å². The quantitative estimate of drug-likeness (QED) is 0.564. The van der Waals surface area contributed by atoms with Gasteiger partial charge in [0.1, 0.15) is 29.2 Å². The lowest BCUT2D eigenvalue weighted by Crippen LogP contribution is -2.51. The lowest BCUT2D eigenvalue weighted by molar-refractivity contribution is -0.125. The number of amides is 3. The van der Waals surface area contributed by atoms with Crippen LogP contribution in [0.5, 0.6) is 0 Å². The van der Waals surface area contributed by atoms with Crippen molar-refractivity contribution < 1.29 is 27.4 Å². The van der Waals surface area contributed by atoms with E-state index in [1.54, 1.807) is 0 Å². The van der Waals surface area contributed by atoms with Gasteiger partial charge in [0, 0.05) is 28.2 Å². The Morgan fingerprint density at radius 1 is 1.03 bits per heavy atom. The van der Waals surface area contributed by atoms with Gasteiger partial charge in [-0.15, -0.1) is 0 Å². The van der Waals surface area contributed by atoms with Crippen LogP contribution in [0.3, 0.4) is 0 Å². The zero-order chi connectivity index (χ0) is 24.7. The maximum absolute atomic E-state index is 13.9. The van der Waals surface area contributed by atoms with Crippen LogP contribution < -0.4 is 15.5 Å². The van der Waals surface area contributed by atoms with Gasteiger partial charge in [-0.25, -0.2) is 8.78 Å². The number of carbonyl (C=O) groups is 3. The standard InChI is InChI=1S/C24H27F2N3O4S/c1-16(24(32)28-19-6-2-3-7-19)29(21-8-4-5-18(26)13-21)23(31)15-34(33)14-22(30)27-20-11-9-17(25)10-12-20/h4-5,8-13,16,19H,2-3,6-7,14-15H2,1H3,(H,27,30)(H,28,32). The number of hydrogen-bond acceptors (Lipinski definition) is 4. The van der Waals surface area contributed by atoms with E-state index in [-0.39, 0.29) is 17.6 Å². The van der Waals surface area contributed by atoms with Crippen molar-refractivity contribution in [2.24, 2.45) is 0 Å². The fourth-order valence-corrected chi connectivity index (χ4v) is 4.73. The SMILES string of the molecule is CC(C(=O)NC1CCCC1)N(C(=O)CS(=O)CC(=O)Nc1ccc(F)cc1)c1cccc(F)c1. The Kier molecular flexibility index (Phi) is 8.86. The average molecular weight is 492 g/mol. The molecule has 2 aromatic carbocycles. The highest BCUT2D eigenvalue weighted by Crippen LogP contribution is 2.21. The second-order valence-corrected chi connectivity index (χ2v) is 9.65. The molecule has 34 heavy (non-hydrogen) atoms. The van der Waals surface area contributed by atoms with Crippen molar-refractivity contribution >= 4 is 39.9 Å². The molecule has 3 amide bonds. The number of halogens is 2. The summed E-state index contributed by atoms with van der Waals surface area (Å²) in [7, 11) is -1.89. The summed E-state index contributed by atoms with van der Waals surface area (Å²) in [4.78, 5) is 39.2. The first-order valence-corrected chi connectivity index (χ1v) is 12.5. The summed E-state index contributed by atoms with van der Waals surface area (Å²) in [6, 6.07) is 9.37. The topological polar surface area (TPSA) is 95.6 Å². The van der Waals surface area contributed by atoms with E-state index < -0.39 is 51.8 Å². The van der Waals surface area contributed by atoms with Gasteiger partial charge in [-0.05, 0) is 62.2 Å². The molecule has 2 N–H and O–H groups in total. The fourth-order valence-electron chi connectivity index (χ4n) is 3.85. The molecule has 1 saturated carbocycles. The summed E-state index contributed by atoms with van der Waals surface area (Å²) in [6.07, 6.45) is 3.76. The smallest absolute Gasteiger partial charge is 0.243 e. The molecule has 1 fully saturated rings. The highest BCUT2D eigenvalue weighted by atomic mass is 32.2. The van der Waals surface area contributed by atoms with Crippen molar-refractivity contribution in [1.29, 1.82) is 0 Å². The van der Waals surface area contributed by atoms with Crippen LogP contribution in [0.4, 0.5) is 20.2 Å². The van der Waals surface area contributed by atoms with E-state index in [2.05, 4.69) is 10.6 Å². The summed E-state index contributed by atoms with van der Waals surface area (Å²) in [6.45, 7) is 1.53. The fraction of sp³-hybridized carbons (Fsp3) is 0.375. The van der Waals surface area contributed by atoms with Gasteiger partial charge in [-0.2, -0.15) is 0 Å². The van der Waals surface area contributed by atoms with E-state index in [0.717, 1.165) is 36.6 Å². The molecule has 0 bridgehead atoms. The van der Waals surface area contributed by atoms with E-state index in [4.69, 9.17) is 0 Å². The number of anilines is 2. The second-order valence-electron chi connectivity index (χ2n) is 8.19. The van der Waals surface area contributed by atoms with Gasteiger partial charge in [-0.3, -0.25) is 23.5 Å². The van der Waals surface area contributed by atoms with Crippen molar-refractivity contribution in [3.05, 3.63) is 60.2 Å². The zero-order valence-corrected chi connectivity index (χ0v) is 19.6. The van der Waals surface area contributed by atoms with Gasteiger partial charge >= 0.3 is 0 Å². The molecule has 2 aromatic rings. The Balaban J connectivity index is 1.67. The van der Waals surface area contributed by atoms with Crippen LogP contribution in [0.15, 0.2) is 48.5 Å². The second kappa shape index (κ2) is 11.8.